The fraction of sp³-hybridized carbons (Fsp3) is 0.538. The van der Waals surface area contributed by atoms with Gasteiger partial charge in [-0.05, 0) is 19.1 Å². The van der Waals surface area contributed by atoms with Crippen LogP contribution in [0.15, 0.2) is 29.2 Å². The summed E-state index contributed by atoms with van der Waals surface area (Å²) in [5.41, 5.74) is 0. The van der Waals surface area contributed by atoms with Gasteiger partial charge in [0.1, 0.15) is 5.75 Å². The number of ether oxygens (including phenoxy) is 2. The summed E-state index contributed by atoms with van der Waals surface area (Å²) in [6, 6.07) is 7.07. The van der Waals surface area contributed by atoms with Crippen LogP contribution in [0.5, 0.6) is 5.75 Å². The smallest absolute Gasteiger partial charge is 0.129 e. The van der Waals surface area contributed by atoms with Gasteiger partial charge in [0.2, 0.25) is 0 Å². The first-order valence-corrected chi connectivity index (χ1v) is 6.81. The molecule has 0 bridgehead atoms. The number of para-hydroxylation sites is 1. The van der Waals surface area contributed by atoms with E-state index in [4.69, 9.17) is 9.47 Å². The van der Waals surface area contributed by atoms with Crippen LogP contribution in [0, 0.1) is 0 Å². The predicted molar refractivity (Wildman–Crippen MR) is 72.1 cm³/mol. The molecule has 0 heterocycles. The van der Waals surface area contributed by atoms with Gasteiger partial charge in [-0.2, -0.15) is 0 Å². The Hall–Kier alpha value is -0.750. The number of hydrogen-bond donors (Lipinski definition) is 2. The minimum Gasteiger partial charge on any atom is -0.507 e. The molecular weight excluding hydrogens is 252 g/mol. The second-order valence-corrected chi connectivity index (χ2v) is 5.09. The monoisotopic (exact) mass is 272 g/mol. The molecule has 2 atom stereocenters. The Bertz CT molecular complexity index is 346. The van der Waals surface area contributed by atoms with Crippen molar-refractivity contribution >= 4 is 11.8 Å². The highest BCUT2D eigenvalue weighted by Crippen LogP contribution is 2.27. The van der Waals surface area contributed by atoms with Gasteiger partial charge in [0.05, 0.1) is 25.4 Å². The fourth-order valence-corrected chi connectivity index (χ4v) is 2.23. The van der Waals surface area contributed by atoms with Crippen LogP contribution in [0.1, 0.15) is 6.92 Å². The molecule has 0 aromatic heterocycles. The zero-order valence-corrected chi connectivity index (χ0v) is 11.5. The van der Waals surface area contributed by atoms with Gasteiger partial charge >= 0.3 is 0 Å². The number of aliphatic hydroxyl groups excluding tert-OH is 1. The van der Waals surface area contributed by atoms with Gasteiger partial charge in [-0.3, -0.25) is 0 Å². The number of hydrogen-bond acceptors (Lipinski definition) is 5. The molecule has 1 aromatic carbocycles. The lowest BCUT2D eigenvalue weighted by molar-refractivity contribution is -0.0257. The summed E-state index contributed by atoms with van der Waals surface area (Å²) in [7, 11) is 1.62. The van der Waals surface area contributed by atoms with E-state index in [1.807, 2.05) is 19.1 Å². The van der Waals surface area contributed by atoms with Gasteiger partial charge in [0.15, 0.2) is 0 Å². The maximum absolute atomic E-state index is 9.75. The maximum atomic E-state index is 9.75. The molecule has 0 fully saturated rings. The number of thioether (sulfide) groups is 1. The van der Waals surface area contributed by atoms with Crippen LogP contribution >= 0.6 is 11.8 Å². The Balaban J connectivity index is 2.25. The third-order valence-electron chi connectivity index (χ3n) is 2.27. The van der Waals surface area contributed by atoms with Crippen LogP contribution in [0.25, 0.3) is 0 Å². The van der Waals surface area contributed by atoms with E-state index in [2.05, 4.69) is 0 Å². The molecule has 2 unspecified atom stereocenters. The van der Waals surface area contributed by atoms with Crippen LogP contribution in [-0.2, 0) is 9.47 Å². The number of aromatic hydroxyl groups is 1. The minimum atomic E-state index is -0.561. The van der Waals surface area contributed by atoms with Crippen LogP contribution in [0.2, 0.25) is 0 Å². The first-order chi connectivity index (χ1) is 8.63. The molecular formula is C13H20O4S. The van der Waals surface area contributed by atoms with Crippen molar-refractivity contribution in [1.82, 2.24) is 0 Å². The summed E-state index contributed by atoms with van der Waals surface area (Å²) >= 11 is 1.41. The second-order valence-electron chi connectivity index (χ2n) is 4.03. The molecule has 0 saturated heterocycles. The number of phenolic OH excluding ortho intramolecular Hbond substituents is 1. The fourth-order valence-electron chi connectivity index (χ4n) is 1.37. The van der Waals surface area contributed by atoms with Crippen molar-refractivity contribution in [3.63, 3.8) is 0 Å². The summed E-state index contributed by atoms with van der Waals surface area (Å²) in [6.45, 7) is 2.68. The molecule has 5 heteroatoms. The Morgan fingerprint density at radius 2 is 2.00 bits per heavy atom. The number of rotatable bonds is 8. The van der Waals surface area contributed by atoms with Gasteiger partial charge in [0, 0.05) is 17.8 Å². The molecule has 0 amide bonds. The Morgan fingerprint density at radius 1 is 1.28 bits per heavy atom. The largest absolute Gasteiger partial charge is 0.507 e. The van der Waals surface area contributed by atoms with E-state index in [1.165, 1.54) is 11.8 Å². The second kappa shape index (κ2) is 8.37. The number of benzene rings is 1. The molecule has 102 valence electrons. The third kappa shape index (κ3) is 5.73. The molecule has 2 N–H and O–H groups in total. The molecule has 0 aliphatic heterocycles. The van der Waals surface area contributed by atoms with E-state index in [0.29, 0.717) is 12.4 Å². The van der Waals surface area contributed by atoms with Crippen LogP contribution in [0.3, 0.4) is 0 Å². The summed E-state index contributed by atoms with van der Waals surface area (Å²) in [5.74, 6) is 0.723. The highest BCUT2D eigenvalue weighted by atomic mass is 32.2. The van der Waals surface area contributed by atoms with Crippen LogP contribution in [0.4, 0.5) is 0 Å². The average molecular weight is 272 g/mol. The molecule has 4 nitrogen and oxygen atoms in total. The van der Waals surface area contributed by atoms with Gasteiger partial charge in [-0.25, -0.2) is 0 Å². The lowest BCUT2D eigenvalue weighted by atomic mass is 10.3. The van der Waals surface area contributed by atoms with Crippen molar-refractivity contribution < 1.29 is 19.7 Å². The summed E-state index contributed by atoms with van der Waals surface area (Å²) in [4.78, 5) is 0.765. The van der Waals surface area contributed by atoms with E-state index < -0.39 is 6.10 Å². The molecule has 0 saturated carbocycles. The quantitative estimate of drug-likeness (QED) is 0.708. The van der Waals surface area contributed by atoms with E-state index in [1.54, 1.807) is 19.2 Å². The van der Waals surface area contributed by atoms with Crippen molar-refractivity contribution in [3.8, 4) is 5.75 Å². The summed E-state index contributed by atoms with van der Waals surface area (Å²) < 4.78 is 10.3. The first-order valence-electron chi connectivity index (χ1n) is 5.83. The minimum absolute atomic E-state index is 0.0280. The molecule has 18 heavy (non-hydrogen) atoms. The normalized spacial score (nSPS) is 14.4. The topological polar surface area (TPSA) is 58.9 Å². The molecule has 1 rings (SSSR count). The van der Waals surface area contributed by atoms with Crippen molar-refractivity contribution in [2.24, 2.45) is 0 Å². The lowest BCUT2D eigenvalue weighted by Crippen LogP contribution is -2.24. The first kappa shape index (κ1) is 15.3. The van der Waals surface area contributed by atoms with Gasteiger partial charge in [0.25, 0.3) is 0 Å². The maximum Gasteiger partial charge on any atom is 0.129 e. The molecule has 0 aliphatic rings. The Labute approximate surface area is 112 Å². The van der Waals surface area contributed by atoms with E-state index in [9.17, 15) is 10.2 Å². The molecule has 0 aliphatic carbocycles. The summed E-state index contributed by atoms with van der Waals surface area (Å²) in [6.07, 6.45) is -0.589. The SMILES string of the molecule is COCC(C)OCC(O)CSc1ccccc1O. The number of methoxy groups -OCH3 is 1. The highest BCUT2D eigenvalue weighted by Gasteiger charge is 2.10. The summed E-state index contributed by atoms with van der Waals surface area (Å²) in [5, 5.41) is 19.3. The van der Waals surface area contributed by atoms with Gasteiger partial charge in [-0.1, -0.05) is 12.1 Å². The average Bonchev–Trinajstić information content (AvgIpc) is 2.36. The molecule has 0 spiro atoms. The van der Waals surface area contributed by atoms with Crippen molar-refractivity contribution in [3.05, 3.63) is 24.3 Å². The van der Waals surface area contributed by atoms with E-state index >= 15 is 0 Å². The van der Waals surface area contributed by atoms with Gasteiger partial charge in [-0.15, -0.1) is 11.8 Å². The van der Waals surface area contributed by atoms with Crippen molar-refractivity contribution in [1.29, 1.82) is 0 Å². The van der Waals surface area contributed by atoms with Crippen LogP contribution in [-0.4, -0.2) is 48.5 Å². The third-order valence-corrected chi connectivity index (χ3v) is 3.48. The standard InChI is InChI=1S/C13H20O4S/c1-10(7-16-2)17-8-11(14)9-18-13-6-4-3-5-12(13)15/h3-6,10-11,14-15H,7-9H2,1-2H3. The van der Waals surface area contributed by atoms with E-state index in [0.717, 1.165) is 4.90 Å². The molecule has 0 radical (unpaired) electrons. The molecule has 1 aromatic rings. The number of phenols is 1. The lowest BCUT2D eigenvalue weighted by Gasteiger charge is -2.15. The van der Waals surface area contributed by atoms with Crippen molar-refractivity contribution in [2.45, 2.75) is 24.0 Å². The highest BCUT2D eigenvalue weighted by molar-refractivity contribution is 7.99. The Kier molecular flexibility index (Phi) is 7.12. The van der Waals surface area contributed by atoms with E-state index in [-0.39, 0.29) is 18.5 Å². The van der Waals surface area contributed by atoms with Crippen LogP contribution < -0.4 is 0 Å². The predicted octanol–water partition coefficient (Wildman–Crippen LogP) is 1.90. The zero-order chi connectivity index (χ0) is 13.4. The van der Waals surface area contributed by atoms with Crippen molar-refractivity contribution in [2.75, 3.05) is 26.1 Å². The van der Waals surface area contributed by atoms with Gasteiger partial charge < -0.3 is 19.7 Å². The number of aliphatic hydroxyl groups is 1. The zero-order valence-electron chi connectivity index (χ0n) is 10.7. The Morgan fingerprint density at radius 3 is 2.67 bits per heavy atom.